The van der Waals surface area contributed by atoms with Crippen LogP contribution in [0.3, 0.4) is 0 Å². The third kappa shape index (κ3) is 4.05. The summed E-state index contributed by atoms with van der Waals surface area (Å²) in [7, 11) is 0. The quantitative estimate of drug-likeness (QED) is 0.500. The maximum atomic E-state index is 13.1. The molecule has 24 heavy (non-hydrogen) atoms. The van der Waals surface area contributed by atoms with Crippen LogP contribution in [-0.4, -0.2) is 21.7 Å². The lowest BCUT2D eigenvalue weighted by Gasteiger charge is -2.00. The summed E-state index contributed by atoms with van der Waals surface area (Å²) in [4.78, 5) is 12.0. The predicted molar refractivity (Wildman–Crippen MR) is 85.0 cm³/mol. The number of nitrogens with zero attached hydrogens (tertiary/aromatic N) is 2. The maximum Gasteiger partial charge on any atom is 0.277 e. The number of rotatable bonds is 6. The van der Waals surface area contributed by atoms with Gasteiger partial charge in [0, 0.05) is 5.56 Å². The van der Waals surface area contributed by atoms with Crippen molar-refractivity contribution in [2.75, 3.05) is 5.75 Å². The summed E-state index contributed by atoms with van der Waals surface area (Å²) in [6, 6.07) is 12.7. The van der Waals surface area contributed by atoms with Gasteiger partial charge in [0.05, 0.1) is 12.2 Å². The number of thioether (sulfide) groups is 1. The van der Waals surface area contributed by atoms with Crippen LogP contribution in [0.1, 0.15) is 21.8 Å². The first-order valence-corrected chi connectivity index (χ1v) is 8.08. The molecule has 122 valence electrons. The van der Waals surface area contributed by atoms with Gasteiger partial charge in [-0.2, -0.15) is 0 Å². The van der Waals surface area contributed by atoms with Crippen LogP contribution in [0, 0.1) is 11.6 Å². The van der Waals surface area contributed by atoms with Crippen molar-refractivity contribution in [3.8, 4) is 0 Å². The molecule has 0 amide bonds. The van der Waals surface area contributed by atoms with Crippen molar-refractivity contribution in [2.24, 2.45) is 0 Å². The topological polar surface area (TPSA) is 56.0 Å². The van der Waals surface area contributed by atoms with Crippen molar-refractivity contribution >= 4 is 17.5 Å². The summed E-state index contributed by atoms with van der Waals surface area (Å²) in [5, 5.41) is 8.06. The molecule has 1 aromatic heterocycles. The Morgan fingerprint density at radius 3 is 2.58 bits per heavy atom. The molecule has 3 aromatic rings. The van der Waals surface area contributed by atoms with Gasteiger partial charge in [-0.05, 0) is 23.8 Å². The van der Waals surface area contributed by atoms with E-state index in [2.05, 4.69) is 10.2 Å². The molecule has 0 N–H and O–H groups in total. The number of benzene rings is 2. The third-order valence-electron chi connectivity index (χ3n) is 3.21. The Morgan fingerprint density at radius 1 is 1.04 bits per heavy atom. The molecule has 2 aromatic carbocycles. The Kier molecular flexibility index (Phi) is 5.00. The van der Waals surface area contributed by atoms with Gasteiger partial charge < -0.3 is 4.42 Å². The molecule has 0 bridgehead atoms. The smallest absolute Gasteiger partial charge is 0.277 e. The number of hydrogen-bond acceptors (Lipinski definition) is 5. The lowest BCUT2D eigenvalue weighted by molar-refractivity contribution is 0.102. The van der Waals surface area contributed by atoms with Crippen molar-refractivity contribution < 1.29 is 18.0 Å². The van der Waals surface area contributed by atoms with Crippen LogP contribution in [0.5, 0.6) is 0 Å². The number of carbonyl (C=O) groups is 1. The second kappa shape index (κ2) is 7.35. The van der Waals surface area contributed by atoms with Crippen LogP contribution in [0.25, 0.3) is 0 Å². The molecule has 0 fully saturated rings. The monoisotopic (exact) mass is 346 g/mol. The number of aromatic nitrogens is 2. The van der Waals surface area contributed by atoms with Gasteiger partial charge in [-0.25, -0.2) is 8.78 Å². The fourth-order valence-corrected chi connectivity index (χ4v) is 2.69. The van der Waals surface area contributed by atoms with Gasteiger partial charge in [0.25, 0.3) is 5.22 Å². The summed E-state index contributed by atoms with van der Waals surface area (Å²) in [6.07, 6.45) is 0.505. The number of Topliss-reactive ketones (excluding diaryl/α,β-unsaturated/α-hetero) is 1. The second-order valence-corrected chi connectivity index (χ2v) is 5.89. The van der Waals surface area contributed by atoms with Crippen LogP contribution in [-0.2, 0) is 6.42 Å². The fraction of sp³-hybridized carbons (Fsp3) is 0.118. The predicted octanol–water partition coefficient (Wildman–Crippen LogP) is 3.91. The van der Waals surface area contributed by atoms with E-state index in [1.165, 1.54) is 6.07 Å². The zero-order valence-electron chi connectivity index (χ0n) is 12.4. The Hall–Kier alpha value is -2.54. The first-order chi connectivity index (χ1) is 11.6. The molecule has 0 radical (unpaired) electrons. The first-order valence-electron chi connectivity index (χ1n) is 7.09. The average molecular weight is 346 g/mol. The van der Waals surface area contributed by atoms with Gasteiger partial charge in [-0.1, -0.05) is 42.1 Å². The van der Waals surface area contributed by atoms with E-state index in [9.17, 15) is 13.6 Å². The van der Waals surface area contributed by atoms with Gasteiger partial charge in [0.1, 0.15) is 0 Å². The van der Waals surface area contributed by atoms with Crippen molar-refractivity contribution in [1.29, 1.82) is 0 Å². The van der Waals surface area contributed by atoms with E-state index in [1.807, 2.05) is 30.3 Å². The van der Waals surface area contributed by atoms with E-state index in [4.69, 9.17) is 4.42 Å². The van der Waals surface area contributed by atoms with Crippen molar-refractivity contribution in [2.45, 2.75) is 11.6 Å². The Bertz CT molecular complexity index is 853. The molecule has 0 atom stereocenters. The number of halogens is 2. The lowest BCUT2D eigenvalue weighted by atomic mass is 10.1. The molecular formula is C17H12F2N2O2S. The summed E-state index contributed by atoms with van der Waals surface area (Å²) < 4.78 is 31.5. The molecule has 0 aliphatic heterocycles. The maximum absolute atomic E-state index is 13.1. The molecule has 1 heterocycles. The Balaban J connectivity index is 1.59. The Labute approximate surface area is 140 Å². The van der Waals surface area contributed by atoms with Crippen molar-refractivity contribution in [3.63, 3.8) is 0 Å². The van der Waals surface area contributed by atoms with Crippen molar-refractivity contribution in [1.82, 2.24) is 10.2 Å². The molecule has 4 nitrogen and oxygen atoms in total. The van der Waals surface area contributed by atoms with Crippen molar-refractivity contribution in [3.05, 3.63) is 77.2 Å². The van der Waals surface area contributed by atoms with Gasteiger partial charge >= 0.3 is 0 Å². The van der Waals surface area contributed by atoms with Gasteiger partial charge in [-0.15, -0.1) is 10.2 Å². The highest BCUT2D eigenvalue weighted by Crippen LogP contribution is 2.20. The van der Waals surface area contributed by atoms with Gasteiger partial charge in [0.2, 0.25) is 5.89 Å². The van der Waals surface area contributed by atoms with E-state index >= 15 is 0 Å². The van der Waals surface area contributed by atoms with Crippen LogP contribution in [0.2, 0.25) is 0 Å². The summed E-state index contributed by atoms with van der Waals surface area (Å²) >= 11 is 1.06. The molecule has 0 saturated heterocycles. The number of ketones is 1. The number of hydrogen-bond donors (Lipinski definition) is 0. The zero-order valence-corrected chi connectivity index (χ0v) is 13.2. The summed E-state index contributed by atoms with van der Waals surface area (Å²) in [5.41, 5.74) is 1.14. The molecule has 0 spiro atoms. The second-order valence-electron chi connectivity index (χ2n) is 4.96. The molecule has 0 aliphatic rings. The average Bonchev–Trinajstić information content (AvgIpc) is 3.03. The summed E-state index contributed by atoms with van der Waals surface area (Å²) in [5.74, 6) is -1.93. The molecular weight excluding hydrogens is 334 g/mol. The van der Waals surface area contributed by atoms with Crippen LogP contribution >= 0.6 is 11.8 Å². The van der Waals surface area contributed by atoms with E-state index in [0.717, 1.165) is 29.5 Å². The molecule has 0 saturated carbocycles. The van der Waals surface area contributed by atoms with E-state index < -0.39 is 11.6 Å². The summed E-state index contributed by atoms with van der Waals surface area (Å²) in [6.45, 7) is 0. The lowest BCUT2D eigenvalue weighted by Crippen LogP contribution is -2.03. The van der Waals surface area contributed by atoms with Gasteiger partial charge in [0.15, 0.2) is 17.4 Å². The highest BCUT2D eigenvalue weighted by Gasteiger charge is 2.13. The van der Waals surface area contributed by atoms with E-state index in [-0.39, 0.29) is 22.3 Å². The highest BCUT2D eigenvalue weighted by molar-refractivity contribution is 7.99. The zero-order chi connectivity index (χ0) is 16.9. The number of carbonyl (C=O) groups excluding carboxylic acids is 1. The van der Waals surface area contributed by atoms with Crippen LogP contribution in [0.4, 0.5) is 8.78 Å². The van der Waals surface area contributed by atoms with E-state index in [0.29, 0.717) is 12.3 Å². The minimum Gasteiger partial charge on any atom is -0.416 e. The normalized spacial score (nSPS) is 10.8. The molecule has 3 rings (SSSR count). The highest BCUT2D eigenvalue weighted by atomic mass is 32.2. The standard InChI is InChI=1S/C17H12F2N2O2S/c18-13-7-6-12(9-14(13)19)15(22)10-24-17-21-20-16(23-17)8-11-4-2-1-3-5-11/h1-7,9H,8,10H2. The first kappa shape index (κ1) is 16.3. The SMILES string of the molecule is O=C(CSc1nnc(Cc2ccccc2)o1)c1ccc(F)c(F)c1. The minimum absolute atomic E-state index is 0.00194. The minimum atomic E-state index is -1.05. The Morgan fingerprint density at radius 2 is 1.83 bits per heavy atom. The van der Waals surface area contributed by atoms with Crippen LogP contribution in [0.15, 0.2) is 58.2 Å². The largest absolute Gasteiger partial charge is 0.416 e. The third-order valence-corrected chi connectivity index (χ3v) is 4.03. The molecule has 7 heteroatoms. The van der Waals surface area contributed by atoms with Gasteiger partial charge in [-0.3, -0.25) is 4.79 Å². The molecule has 0 aliphatic carbocycles. The van der Waals surface area contributed by atoms with Crippen LogP contribution < -0.4 is 0 Å². The fourth-order valence-electron chi connectivity index (χ4n) is 2.02. The van der Waals surface area contributed by atoms with E-state index in [1.54, 1.807) is 0 Å². The molecule has 0 unspecified atom stereocenters.